The topological polar surface area (TPSA) is 88.8 Å². The van der Waals surface area contributed by atoms with Gasteiger partial charge in [0, 0.05) is 17.9 Å². The summed E-state index contributed by atoms with van der Waals surface area (Å²) in [4.78, 5) is 23.7. The van der Waals surface area contributed by atoms with E-state index < -0.39 is 18.0 Å². The van der Waals surface area contributed by atoms with E-state index in [9.17, 15) is 9.59 Å². The summed E-state index contributed by atoms with van der Waals surface area (Å²) < 4.78 is 0. The van der Waals surface area contributed by atoms with Crippen LogP contribution in [0.1, 0.15) is 35.1 Å². The Balaban J connectivity index is 1.75. The maximum Gasteiger partial charge on any atom is 0.319 e. The fourth-order valence-electron chi connectivity index (χ4n) is 3.58. The van der Waals surface area contributed by atoms with Gasteiger partial charge in [-0.1, -0.05) is 91.0 Å². The largest absolute Gasteiger partial charge is 0.351 e. The first-order valence-corrected chi connectivity index (χ1v) is 9.73. The number of nitrogens with two attached hydrogens (primary N) is 2. The molecule has 5 heteroatoms. The highest BCUT2D eigenvalue weighted by molar-refractivity contribution is 5.96. The molecule has 3 amide bonds. The maximum absolute atomic E-state index is 12.5. The highest BCUT2D eigenvalue weighted by atomic mass is 16.2. The zero-order chi connectivity index (χ0) is 20.5. The van der Waals surface area contributed by atoms with Crippen molar-refractivity contribution in [2.75, 3.05) is 6.54 Å². The quantitative estimate of drug-likeness (QED) is 0.554. The molecule has 0 bridgehead atoms. The van der Waals surface area contributed by atoms with Gasteiger partial charge < -0.3 is 11.1 Å². The molecule has 5 nitrogen and oxygen atoms in total. The summed E-state index contributed by atoms with van der Waals surface area (Å²) in [5.41, 5.74) is 8.47. The van der Waals surface area contributed by atoms with E-state index in [0.717, 1.165) is 12.0 Å². The third-order valence-corrected chi connectivity index (χ3v) is 4.95. The Bertz CT molecular complexity index is 875. The SMILES string of the molecule is NC(=O)NC(=O)[C@H]([NH2+]CCC(c1ccccc1)c1ccccc1)c1ccccc1. The van der Waals surface area contributed by atoms with Crippen LogP contribution in [0.3, 0.4) is 0 Å². The fourth-order valence-corrected chi connectivity index (χ4v) is 3.58. The summed E-state index contributed by atoms with van der Waals surface area (Å²) in [5.74, 6) is -0.177. The van der Waals surface area contributed by atoms with Gasteiger partial charge in [-0.3, -0.25) is 10.1 Å². The number of hydrogen-bond donors (Lipinski definition) is 3. The molecule has 5 N–H and O–H groups in total. The van der Waals surface area contributed by atoms with E-state index in [4.69, 9.17) is 5.73 Å². The van der Waals surface area contributed by atoms with Gasteiger partial charge in [0.2, 0.25) is 0 Å². The van der Waals surface area contributed by atoms with Gasteiger partial charge in [-0.2, -0.15) is 0 Å². The molecular formula is C24H26N3O2+. The number of imide groups is 1. The predicted octanol–water partition coefficient (Wildman–Crippen LogP) is 2.71. The number of amides is 3. The molecule has 0 unspecified atom stereocenters. The minimum Gasteiger partial charge on any atom is -0.351 e. The number of primary amides is 1. The first-order chi connectivity index (χ1) is 14.1. The number of hydrogen-bond acceptors (Lipinski definition) is 2. The lowest BCUT2D eigenvalue weighted by Gasteiger charge is -2.20. The number of carbonyl (C=O) groups excluding carboxylic acids is 2. The number of urea groups is 1. The molecule has 29 heavy (non-hydrogen) atoms. The van der Waals surface area contributed by atoms with E-state index >= 15 is 0 Å². The van der Waals surface area contributed by atoms with Crippen LogP contribution in [0.25, 0.3) is 0 Å². The molecule has 0 aliphatic heterocycles. The molecule has 0 saturated carbocycles. The molecule has 3 aromatic carbocycles. The van der Waals surface area contributed by atoms with E-state index in [2.05, 4.69) is 29.6 Å². The van der Waals surface area contributed by atoms with Crippen molar-refractivity contribution in [2.45, 2.75) is 18.4 Å². The Kier molecular flexibility index (Phi) is 7.14. The van der Waals surface area contributed by atoms with Crippen molar-refractivity contribution in [3.8, 4) is 0 Å². The molecule has 148 valence electrons. The molecule has 0 saturated heterocycles. The number of quaternary nitrogens is 1. The third-order valence-electron chi connectivity index (χ3n) is 4.95. The van der Waals surface area contributed by atoms with Gasteiger partial charge in [-0.15, -0.1) is 0 Å². The molecule has 0 radical (unpaired) electrons. The number of carbonyl (C=O) groups is 2. The van der Waals surface area contributed by atoms with Crippen LogP contribution in [0.4, 0.5) is 4.79 Å². The molecule has 3 aromatic rings. The average molecular weight is 388 g/mol. The molecule has 0 aromatic heterocycles. The number of rotatable bonds is 8. The number of benzene rings is 3. The molecule has 0 heterocycles. The summed E-state index contributed by atoms with van der Waals surface area (Å²) in [5, 5.41) is 4.18. The molecule has 0 spiro atoms. The van der Waals surface area contributed by atoms with Crippen molar-refractivity contribution in [1.82, 2.24) is 5.32 Å². The van der Waals surface area contributed by atoms with Crippen LogP contribution in [0.5, 0.6) is 0 Å². The van der Waals surface area contributed by atoms with Crippen LogP contribution in [-0.4, -0.2) is 18.5 Å². The van der Waals surface area contributed by atoms with Gasteiger partial charge in [0.05, 0.1) is 6.54 Å². The van der Waals surface area contributed by atoms with Crippen LogP contribution in [0.2, 0.25) is 0 Å². The Hall–Kier alpha value is -3.44. The van der Waals surface area contributed by atoms with Crippen molar-refractivity contribution < 1.29 is 14.9 Å². The van der Waals surface area contributed by atoms with Gasteiger partial charge in [-0.25, -0.2) is 4.79 Å². The Labute approximate surface area is 170 Å². The summed E-state index contributed by atoms with van der Waals surface area (Å²) in [7, 11) is 0. The van der Waals surface area contributed by atoms with Gasteiger partial charge >= 0.3 is 6.03 Å². The minimum absolute atomic E-state index is 0.226. The normalized spacial score (nSPS) is 11.8. The lowest BCUT2D eigenvalue weighted by Crippen LogP contribution is -2.88. The fraction of sp³-hybridized carbons (Fsp3) is 0.167. The molecule has 0 aliphatic rings. The summed E-state index contributed by atoms with van der Waals surface area (Å²) in [6.07, 6.45) is 0.848. The van der Waals surface area contributed by atoms with Crippen molar-refractivity contribution in [1.29, 1.82) is 0 Å². The molecule has 0 aliphatic carbocycles. The molecule has 1 atom stereocenters. The third kappa shape index (κ3) is 5.77. The first kappa shape index (κ1) is 20.3. The Morgan fingerprint density at radius 1 is 0.759 bits per heavy atom. The average Bonchev–Trinajstić information content (AvgIpc) is 2.75. The predicted molar refractivity (Wildman–Crippen MR) is 113 cm³/mol. The summed E-state index contributed by atoms with van der Waals surface area (Å²) >= 11 is 0. The van der Waals surface area contributed by atoms with Gasteiger partial charge in [0.1, 0.15) is 0 Å². The van der Waals surface area contributed by atoms with E-state index in [0.29, 0.717) is 6.54 Å². The highest BCUT2D eigenvalue weighted by Crippen LogP contribution is 2.27. The molecule has 0 fully saturated rings. The van der Waals surface area contributed by atoms with E-state index in [1.165, 1.54) is 11.1 Å². The van der Waals surface area contributed by atoms with Crippen LogP contribution in [0.15, 0.2) is 91.0 Å². The smallest absolute Gasteiger partial charge is 0.319 e. The zero-order valence-electron chi connectivity index (χ0n) is 16.2. The zero-order valence-corrected chi connectivity index (χ0v) is 16.2. The van der Waals surface area contributed by atoms with Crippen LogP contribution in [0, 0.1) is 0 Å². The van der Waals surface area contributed by atoms with E-state index in [1.807, 2.05) is 72.0 Å². The summed E-state index contributed by atoms with van der Waals surface area (Å²) in [6, 6.07) is 28.8. The minimum atomic E-state index is -0.837. The Morgan fingerprint density at radius 3 is 1.66 bits per heavy atom. The van der Waals surface area contributed by atoms with Crippen molar-refractivity contribution in [3.63, 3.8) is 0 Å². The van der Waals surface area contributed by atoms with Crippen LogP contribution in [-0.2, 0) is 4.79 Å². The second-order valence-corrected chi connectivity index (χ2v) is 6.93. The van der Waals surface area contributed by atoms with Gasteiger partial charge in [-0.05, 0) is 11.1 Å². The number of nitrogens with one attached hydrogen (secondary N) is 1. The van der Waals surface area contributed by atoms with Gasteiger partial charge in [0.15, 0.2) is 6.04 Å². The van der Waals surface area contributed by atoms with Crippen molar-refractivity contribution in [2.24, 2.45) is 5.73 Å². The van der Waals surface area contributed by atoms with Crippen molar-refractivity contribution in [3.05, 3.63) is 108 Å². The second kappa shape index (κ2) is 10.2. The standard InChI is InChI=1S/C24H25N3O2/c25-24(29)27-23(28)22(20-14-8-3-9-15-20)26-17-16-21(18-10-4-1-5-11-18)19-12-6-2-7-13-19/h1-15,21-22,26H,16-17H2,(H3,25,27,28,29)/p+1/t22-/m1/s1. The lowest BCUT2D eigenvalue weighted by molar-refractivity contribution is -0.683. The molecular weight excluding hydrogens is 362 g/mol. The van der Waals surface area contributed by atoms with E-state index in [1.54, 1.807) is 0 Å². The van der Waals surface area contributed by atoms with Gasteiger partial charge in [0.25, 0.3) is 5.91 Å². The summed E-state index contributed by atoms with van der Waals surface area (Å²) in [6.45, 7) is 0.709. The lowest BCUT2D eigenvalue weighted by atomic mass is 9.88. The maximum atomic E-state index is 12.5. The van der Waals surface area contributed by atoms with Crippen LogP contribution < -0.4 is 16.4 Å². The second-order valence-electron chi connectivity index (χ2n) is 6.93. The van der Waals surface area contributed by atoms with Crippen molar-refractivity contribution >= 4 is 11.9 Å². The highest BCUT2D eigenvalue weighted by Gasteiger charge is 2.25. The monoisotopic (exact) mass is 388 g/mol. The van der Waals surface area contributed by atoms with E-state index in [-0.39, 0.29) is 5.92 Å². The first-order valence-electron chi connectivity index (χ1n) is 9.73. The Morgan fingerprint density at radius 2 is 1.21 bits per heavy atom. The molecule has 3 rings (SSSR count). The van der Waals surface area contributed by atoms with Crippen LogP contribution >= 0.6 is 0 Å².